The standard InChI is InChI=1S/C28H27NO3/c1-17-11-12-22(18(2)13-17)25-16-32-28-20(4)27(31-5)23(15-24(25)28)19(3)14-26(30)29-21-9-7-6-8-10-21/h6-16H,1-5H3,(H,29,30)/b19-14+. The Morgan fingerprint density at radius 2 is 1.75 bits per heavy atom. The lowest BCUT2D eigenvalue weighted by Crippen LogP contribution is -2.08. The second-order valence-corrected chi connectivity index (χ2v) is 8.11. The van der Waals surface area contributed by atoms with Gasteiger partial charge >= 0.3 is 0 Å². The van der Waals surface area contributed by atoms with Gasteiger partial charge < -0.3 is 14.5 Å². The van der Waals surface area contributed by atoms with Crippen LogP contribution in [-0.2, 0) is 4.79 Å². The van der Waals surface area contributed by atoms with E-state index in [4.69, 9.17) is 9.15 Å². The molecule has 4 heteroatoms. The number of hydrogen-bond acceptors (Lipinski definition) is 3. The van der Waals surface area contributed by atoms with Gasteiger partial charge in [0.05, 0.1) is 13.4 Å². The number of methoxy groups -OCH3 is 1. The molecule has 3 aromatic carbocycles. The first kappa shape index (κ1) is 21.4. The Morgan fingerprint density at radius 3 is 2.44 bits per heavy atom. The minimum Gasteiger partial charge on any atom is -0.496 e. The molecule has 0 spiro atoms. The SMILES string of the molecule is COc1c(/C(C)=C/C(=O)Nc2ccccc2)cc2c(-c3ccc(C)cc3C)coc2c1C. The van der Waals surface area contributed by atoms with E-state index in [0.29, 0.717) is 5.75 Å². The number of carbonyl (C=O) groups excluding carboxylic acids is 1. The van der Waals surface area contributed by atoms with E-state index in [-0.39, 0.29) is 5.91 Å². The first-order chi connectivity index (χ1) is 15.4. The Labute approximate surface area is 188 Å². The van der Waals surface area contributed by atoms with Crippen LogP contribution in [0, 0.1) is 20.8 Å². The molecule has 0 fully saturated rings. The van der Waals surface area contributed by atoms with Gasteiger partial charge in [-0.15, -0.1) is 0 Å². The van der Waals surface area contributed by atoms with Crippen LogP contribution in [0.2, 0.25) is 0 Å². The molecule has 0 radical (unpaired) electrons. The number of rotatable bonds is 5. The zero-order chi connectivity index (χ0) is 22.8. The highest BCUT2D eigenvalue weighted by molar-refractivity contribution is 6.06. The van der Waals surface area contributed by atoms with Crippen molar-refractivity contribution in [3.05, 3.63) is 89.2 Å². The number of carbonyl (C=O) groups is 1. The molecular formula is C28H27NO3. The maximum absolute atomic E-state index is 12.6. The lowest BCUT2D eigenvalue weighted by Gasteiger charge is -2.14. The molecule has 32 heavy (non-hydrogen) atoms. The molecule has 0 aliphatic carbocycles. The van der Waals surface area contributed by atoms with E-state index < -0.39 is 0 Å². The van der Waals surface area contributed by atoms with Crippen molar-refractivity contribution in [2.45, 2.75) is 27.7 Å². The van der Waals surface area contributed by atoms with E-state index in [1.165, 1.54) is 11.1 Å². The van der Waals surface area contributed by atoms with Gasteiger partial charge in [-0.2, -0.15) is 0 Å². The summed E-state index contributed by atoms with van der Waals surface area (Å²) in [6.07, 6.45) is 3.41. The Hall–Kier alpha value is -3.79. The minimum absolute atomic E-state index is 0.185. The topological polar surface area (TPSA) is 51.5 Å². The molecule has 1 heterocycles. The summed E-state index contributed by atoms with van der Waals surface area (Å²) in [7, 11) is 1.64. The highest BCUT2D eigenvalue weighted by Gasteiger charge is 2.19. The van der Waals surface area contributed by atoms with Crippen LogP contribution in [0.3, 0.4) is 0 Å². The van der Waals surface area contributed by atoms with Gasteiger partial charge in [0.1, 0.15) is 11.3 Å². The third-order valence-corrected chi connectivity index (χ3v) is 5.73. The van der Waals surface area contributed by atoms with Crippen molar-refractivity contribution in [3.63, 3.8) is 0 Å². The lowest BCUT2D eigenvalue weighted by molar-refractivity contribution is -0.111. The quantitative estimate of drug-likeness (QED) is 0.348. The first-order valence-electron chi connectivity index (χ1n) is 10.6. The third kappa shape index (κ3) is 4.04. The van der Waals surface area contributed by atoms with E-state index in [2.05, 4.69) is 43.4 Å². The first-order valence-corrected chi connectivity index (χ1v) is 10.6. The van der Waals surface area contributed by atoms with Crippen molar-refractivity contribution < 1.29 is 13.9 Å². The van der Waals surface area contributed by atoms with Crippen molar-refractivity contribution in [1.82, 2.24) is 0 Å². The molecule has 0 saturated heterocycles. The number of nitrogens with one attached hydrogen (secondary N) is 1. The monoisotopic (exact) mass is 425 g/mol. The zero-order valence-corrected chi connectivity index (χ0v) is 19.1. The highest BCUT2D eigenvalue weighted by atomic mass is 16.5. The van der Waals surface area contributed by atoms with Crippen molar-refractivity contribution in [1.29, 1.82) is 0 Å². The normalized spacial score (nSPS) is 11.6. The zero-order valence-electron chi connectivity index (χ0n) is 19.1. The predicted octanol–water partition coefficient (Wildman–Crippen LogP) is 7.08. The van der Waals surface area contributed by atoms with Gasteiger partial charge in [-0.05, 0) is 62.6 Å². The Balaban J connectivity index is 1.80. The number of hydrogen-bond donors (Lipinski definition) is 1. The van der Waals surface area contributed by atoms with Gasteiger partial charge in [-0.25, -0.2) is 0 Å². The van der Waals surface area contributed by atoms with Gasteiger partial charge in [0.15, 0.2) is 0 Å². The van der Waals surface area contributed by atoms with Gasteiger partial charge in [0.2, 0.25) is 5.91 Å². The Kier molecular flexibility index (Phi) is 5.87. The fraction of sp³-hybridized carbons (Fsp3) is 0.179. The number of furan rings is 1. The number of allylic oxidation sites excluding steroid dienone is 1. The van der Waals surface area contributed by atoms with Gasteiger partial charge in [0.25, 0.3) is 0 Å². The lowest BCUT2D eigenvalue weighted by atomic mass is 9.94. The summed E-state index contributed by atoms with van der Waals surface area (Å²) < 4.78 is 11.7. The predicted molar refractivity (Wildman–Crippen MR) is 131 cm³/mol. The summed E-state index contributed by atoms with van der Waals surface area (Å²) in [5, 5.41) is 3.90. The number of para-hydroxylation sites is 1. The van der Waals surface area contributed by atoms with Crippen molar-refractivity contribution >= 4 is 28.1 Å². The van der Waals surface area contributed by atoms with E-state index in [0.717, 1.165) is 44.5 Å². The maximum atomic E-state index is 12.6. The molecule has 0 aliphatic rings. The van der Waals surface area contributed by atoms with Crippen LogP contribution in [0.25, 0.3) is 27.7 Å². The third-order valence-electron chi connectivity index (χ3n) is 5.73. The van der Waals surface area contributed by atoms with Crippen LogP contribution < -0.4 is 10.1 Å². The smallest absolute Gasteiger partial charge is 0.248 e. The van der Waals surface area contributed by atoms with Crippen LogP contribution in [-0.4, -0.2) is 13.0 Å². The van der Waals surface area contributed by atoms with Crippen molar-refractivity contribution in [2.75, 3.05) is 12.4 Å². The van der Waals surface area contributed by atoms with E-state index in [9.17, 15) is 4.79 Å². The number of aryl methyl sites for hydroxylation is 3. The molecule has 0 atom stereocenters. The van der Waals surface area contributed by atoms with E-state index >= 15 is 0 Å². The highest BCUT2D eigenvalue weighted by Crippen LogP contribution is 2.41. The molecule has 4 rings (SSSR count). The molecule has 4 nitrogen and oxygen atoms in total. The second kappa shape index (κ2) is 8.75. The van der Waals surface area contributed by atoms with Gasteiger partial charge in [0, 0.05) is 33.8 Å². The van der Waals surface area contributed by atoms with Crippen LogP contribution in [0.1, 0.15) is 29.2 Å². The summed E-state index contributed by atoms with van der Waals surface area (Å²) >= 11 is 0. The molecule has 1 amide bonds. The Bertz CT molecular complexity index is 1330. The van der Waals surface area contributed by atoms with Crippen LogP contribution in [0.15, 0.2) is 71.4 Å². The Morgan fingerprint density at radius 1 is 1.00 bits per heavy atom. The molecule has 1 aromatic heterocycles. The molecule has 0 aliphatic heterocycles. The summed E-state index contributed by atoms with van der Waals surface area (Å²) in [5.41, 5.74) is 8.72. The molecule has 0 bridgehead atoms. The van der Waals surface area contributed by atoms with Crippen molar-refractivity contribution in [2.24, 2.45) is 0 Å². The average Bonchev–Trinajstić information content (AvgIpc) is 3.18. The molecule has 1 N–H and O–H groups in total. The summed E-state index contributed by atoms with van der Waals surface area (Å²) in [5.74, 6) is 0.524. The van der Waals surface area contributed by atoms with Gasteiger partial charge in [-0.3, -0.25) is 4.79 Å². The molecule has 4 aromatic rings. The summed E-state index contributed by atoms with van der Waals surface area (Å²) in [4.78, 5) is 12.6. The van der Waals surface area contributed by atoms with Crippen LogP contribution in [0.5, 0.6) is 5.75 Å². The van der Waals surface area contributed by atoms with Crippen molar-refractivity contribution in [3.8, 4) is 16.9 Å². The fourth-order valence-electron chi connectivity index (χ4n) is 4.17. The van der Waals surface area contributed by atoms with Gasteiger partial charge in [-0.1, -0.05) is 42.0 Å². The van der Waals surface area contributed by atoms with Crippen LogP contribution in [0.4, 0.5) is 5.69 Å². The summed E-state index contributed by atoms with van der Waals surface area (Å²) in [6, 6.07) is 17.9. The van der Waals surface area contributed by atoms with E-state index in [1.54, 1.807) is 19.4 Å². The fourth-order valence-corrected chi connectivity index (χ4v) is 4.17. The number of fused-ring (bicyclic) bond motifs is 1. The maximum Gasteiger partial charge on any atom is 0.248 e. The van der Waals surface area contributed by atoms with Crippen LogP contribution >= 0.6 is 0 Å². The molecule has 162 valence electrons. The number of benzene rings is 3. The second-order valence-electron chi connectivity index (χ2n) is 8.11. The number of anilines is 1. The largest absolute Gasteiger partial charge is 0.496 e. The van der Waals surface area contributed by atoms with E-state index in [1.807, 2.05) is 44.2 Å². The molecular weight excluding hydrogens is 398 g/mol. The molecule has 0 unspecified atom stereocenters. The number of amides is 1. The number of ether oxygens (including phenoxy) is 1. The molecule has 0 saturated carbocycles. The minimum atomic E-state index is -0.185. The summed E-state index contributed by atoms with van der Waals surface area (Å²) in [6.45, 7) is 8.10. The average molecular weight is 426 g/mol.